The summed E-state index contributed by atoms with van der Waals surface area (Å²) in [5.74, 6) is 0.643. The Hall–Kier alpha value is -2.08. The number of halogens is 2. The molecule has 0 heterocycles. The third-order valence-corrected chi connectivity index (χ3v) is 3.46. The summed E-state index contributed by atoms with van der Waals surface area (Å²) in [5.41, 5.74) is 1.11. The van der Waals surface area contributed by atoms with Crippen LogP contribution in [0.5, 0.6) is 11.5 Å². The third kappa shape index (κ3) is 3.98. The van der Waals surface area contributed by atoms with Crippen LogP contribution in [0.4, 0.5) is 4.39 Å². The summed E-state index contributed by atoms with van der Waals surface area (Å²) in [6, 6.07) is 9.84. The van der Waals surface area contributed by atoms with Crippen LogP contribution in [0.15, 0.2) is 46.0 Å². The zero-order valence-electron chi connectivity index (χ0n) is 11.9. The van der Waals surface area contributed by atoms with Crippen molar-refractivity contribution in [1.29, 1.82) is 0 Å². The fourth-order valence-corrected chi connectivity index (χ4v) is 2.47. The predicted molar refractivity (Wildman–Crippen MR) is 85.4 cm³/mol. The minimum atomic E-state index is -0.319. The molecule has 22 heavy (non-hydrogen) atoms. The van der Waals surface area contributed by atoms with Gasteiger partial charge >= 0.3 is 0 Å². The Morgan fingerprint density at radius 2 is 2.05 bits per heavy atom. The smallest absolute Gasteiger partial charge is 0.175 e. The maximum absolute atomic E-state index is 13.6. The molecule has 0 radical (unpaired) electrons. The van der Waals surface area contributed by atoms with Crippen LogP contribution in [-0.2, 0) is 6.61 Å². The minimum absolute atomic E-state index is 0.0821. The van der Waals surface area contributed by atoms with E-state index in [1.807, 2.05) is 6.92 Å². The molecule has 0 saturated carbocycles. The van der Waals surface area contributed by atoms with Gasteiger partial charge in [0.05, 0.1) is 17.3 Å². The Kier molecular flexibility index (Phi) is 5.77. The standard InChI is InChI=1S/C16H15BrFNO3/c1-2-21-15-8-11(9-19-20)7-13(17)16(15)22-10-12-5-3-4-6-14(12)18/h3-9,20H,2,10H2,1H3/b19-9-. The summed E-state index contributed by atoms with van der Waals surface area (Å²) in [6.07, 6.45) is 1.29. The van der Waals surface area contributed by atoms with Crippen LogP contribution >= 0.6 is 15.9 Å². The first-order chi connectivity index (χ1) is 10.7. The van der Waals surface area contributed by atoms with Crippen molar-refractivity contribution in [2.75, 3.05) is 6.61 Å². The van der Waals surface area contributed by atoms with Crippen LogP contribution in [-0.4, -0.2) is 18.0 Å². The van der Waals surface area contributed by atoms with Crippen LogP contribution < -0.4 is 9.47 Å². The van der Waals surface area contributed by atoms with Gasteiger partial charge in [-0.05, 0) is 41.1 Å². The Balaban J connectivity index is 2.27. The summed E-state index contributed by atoms with van der Waals surface area (Å²) < 4.78 is 25.5. The number of hydrogen-bond donors (Lipinski definition) is 1. The van der Waals surface area contributed by atoms with Crippen LogP contribution in [0.2, 0.25) is 0 Å². The highest BCUT2D eigenvalue weighted by atomic mass is 79.9. The summed E-state index contributed by atoms with van der Waals surface area (Å²) in [6.45, 7) is 2.38. The van der Waals surface area contributed by atoms with Gasteiger partial charge in [-0.25, -0.2) is 4.39 Å². The van der Waals surface area contributed by atoms with Gasteiger partial charge in [-0.3, -0.25) is 0 Å². The van der Waals surface area contributed by atoms with Crippen LogP contribution in [0.3, 0.4) is 0 Å². The molecule has 2 rings (SSSR count). The predicted octanol–water partition coefficient (Wildman–Crippen LogP) is 4.37. The van der Waals surface area contributed by atoms with Crippen molar-refractivity contribution in [2.24, 2.45) is 5.16 Å². The van der Waals surface area contributed by atoms with Crippen molar-refractivity contribution in [2.45, 2.75) is 13.5 Å². The molecule has 0 aromatic heterocycles. The van der Waals surface area contributed by atoms with Gasteiger partial charge in [0.15, 0.2) is 11.5 Å². The molecule has 0 saturated heterocycles. The summed E-state index contributed by atoms with van der Waals surface area (Å²) >= 11 is 3.39. The van der Waals surface area contributed by atoms with Gasteiger partial charge in [-0.1, -0.05) is 23.4 Å². The zero-order valence-corrected chi connectivity index (χ0v) is 13.5. The normalized spacial score (nSPS) is 10.9. The van der Waals surface area contributed by atoms with Crippen LogP contribution in [0, 0.1) is 5.82 Å². The van der Waals surface area contributed by atoms with E-state index in [0.29, 0.717) is 33.7 Å². The first-order valence-corrected chi connectivity index (χ1v) is 7.45. The molecule has 0 aliphatic rings. The Bertz CT molecular complexity index is 676. The third-order valence-electron chi connectivity index (χ3n) is 2.87. The Labute approximate surface area is 136 Å². The first kappa shape index (κ1) is 16.3. The second kappa shape index (κ2) is 7.79. The molecule has 1 N–H and O–H groups in total. The number of nitrogens with zero attached hydrogens (tertiary/aromatic N) is 1. The highest BCUT2D eigenvalue weighted by molar-refractivity contribution is 9.10. The summed E-state index contributed by atoms with van der Waals surface area (Å²) in [4.78, 5) is 0. The molecule has 116 valence electrons. The minimum Gasteiger partial charge on any atom is -0.490 e. The Morgan fingerprint density at radius 1 is 1.27 bits per heavy atom. The van der Waals surface area contributed by atoms with Crippen molar-refractivity contribution < 1.29 is 19.1 Å². The van der Waals surface area contributed by atoms with E-state index in [1.165, 1.54) is 12.3 Å². The summed E-state index contributed by atoms with van der Waals surface area (Å²) in [7, 11) is 0. The average Bonchev–Trinajstić information content (AvgIpc) is 2.49. The molecule has 2 aromatic carbocycles. The zero-order chi connectivity index (χ0) is 15.9. The molecule has 2 aromatic rings. The second-order valence-corrected chi connectivity index (χ2v) is 5.24. The van der Waals surface area contributed by atoms with E-state index in [9.17, 15) is 4.39 Å². The molecule has 0 aliphatic carbocycles. The fraction of sp³-hybridized carbons (Fsp3) is 0.188. The van der Waals surface area contributed by atoms with Crippen LogP contribution in [0.1, 0.15) is 18.1 Å². The molecule has 0 spiro atoms. The molecule has 0 unspecified atom stereocenters. The molecule has 0 atom stereocenters. The van der Waals surface area contributed by atoms with Crippen molar-refractivity contribution in [3.63, 3.8) is 0 Å². The highest BCUT2D eigenvalue weighted by Crippen LogP contribution is 2.37. The van der Waals surface area contributed by atoms with Gasteiger partial charge in [-0.15, -0.1) is 0 Å². The molecule has 6 heteroatoms. The van der Waals surface area contributed by atoms with Gasteiger partial charge < -0.3 is 14.7 Å². The molecular formula is C16H15BrFNO3. The lowest BCUT2D eigenvalue weighted by molar-refractivity contribution is 0.264. The van der Waals surface area contributed by atoms with E-state index in [4.69, 9.17) is 14.7 Å². The number of hydrogen-bond acceptors (Lipinski definition) is 4. The fourth-order valence-electron chi connectivity index (χ4n) is 1.90. The lowest BCUT2D eigenvalue weighted by atomic mass is 10.2. The topological polar surface area (TPSA) is 51.0 Å². The lowest BCUT2D eigenvalue weighted by Gasteiger charge is -2.14. The molecule has 0 fully saturated rings. The number of ether oxygens (including phenoxy) is 2. The second-order valence-electron chi connectivity index (χ2n) is 4.39. The first-order valence-electron chi connectivity index (χ1n) is 6.65. The van der Waals surface area contributed by atoms with Crippen molar-refractivity contribution >= 4 is 22.1 Å². The molecular weight excluding hydrogens is 353 g/mol. The van der Waals surface area contributed by atoms with E-state index >= 15 is 0 Å². The van der Waals surface area contributed by atoms with Crippen molar-refractivity contribution in [1.82, 2.24) is 0 Å². The van der Waals surface area contributed by atoms with E-state index in [2.05, 4.69) is 21.1 Å². The largest absolute Gasteiger partial charge is 0.490 e. The van der Waals surface area contributed by atoms with Crippen molar-refractivity contribution in [3.05, 3.63) is 57.8 Å². The highest BCUT2D eigenvalue weighted by Gasteiger charge is 2.13. The summed E-state index contributed by atoms with van der Waals surface area (Å²) in [5, 5.41) is 11.6. The quantitative estimate of drug-likeness (QED) is 0.468. The van der Waals surface area contributed by atoms with Crippen molar-refractivity contribution in [3.8, 4) is 11.5 Å². The average molecular weight is 368 g/mol. The monoisotopic (exact) mass is 367 g/mol. The van der Waals surface area contributed by atoms with E-state index in [0.717, 1.165) is 0 Å². The van der Waals surface area contributed by atoms with Gasteiger partial charge in [0.2, 0.25) is 0 Å². The van der Waals surface area contributed by atoms with E-state index in [-0.39, 0.29) is 12.4 Å². The Morgan fingerprint density at radius 3 is 2.73 bits per heavy atom. The van der Waals surface area contributed by atoms with E-state index in [1.54, 1.807) is 30.3 Å². The van der Waals surface area contributed by atoms with Gasteiger partial charge in [-0.2, -0.15) is 0 Å². The van der Waals surface area contributed by atoms with E-state index < -0.39 is 0 Å². The lowest BCUT2D eigenvalue weighted by Crippen LogP contribution is -2.02. The maximum Gasteiger partial charge on any atom is 0.175 e. The number of benzene rings is 2. The van der Waals surface area contributed by atoms with Gasteiger partial charge in [0.25, 0.3) is 0 Å². The SMILES string of the molecule is CCOc1cc(/C=N\O)cc(Br)c1OCc1ccccc1F. The molecule has 0 bridgehead atoms. The molecule has 4 nitrogen and oxygen atoms in total. The van der Waals surface area contributed by atoms with Gasteiger partial charge in [0.1, 0.15) is 12.4 Å². The number of oxime groups is 1. The molecule has 0 aliphatic heterocycles. The van der Waals surface area contributed by atoms with Gasteiger partial charge in [0, 0.05) is 11.1 Å². The number of rotatable bonds is 6. The maximum atomic E-state index is 13.6. The van der Waals surface area contributed by atoms with Crippen LogP contribution in [0.25, 0.3) is 0 Å². The molecule has 0 amide bonds.